The van der Waals surface area contributed by atoms with Gasteiger partial charge in [0.15, 0.2) is 0 Å². The first kappa shape index (κ1) is 17.6. The molecule has 0 amide bonds. The third-order valence-electron chi connectivity index (χ3n) is 3.61. The van der Waals surface area contributed by atoms with Crippen LogP contribution in [0, 0.1) is 0 Å². The van der Waals surface area contributed by atoms with Crippen molar-refractivity contribution in [3.63, 3.8) is 0 Å². The fourth-order valence-corrected chi connectivity index (χ4v) is 2.60. The van der Waals surface area contributed by atoms with Crippen molar-refractivity contribution in [2.75, 3.05) is 27.7 Å². The lowest BCUT2D eigenvalue weighted by molar-refractivity contribution is 0.296. The SMILES string of the molecule is COc1ccc(CCCN(C)C)cc1COc1cccc(Cl)c1. The van der Waals surface area contributed by atoms with Crippen LogP contribution in [0.4, 0.5) is 0 Å². The van der Waals surface area contributed by atoms with Crippen LogP contribution in [-0.4, -0.2) is 32.6 Å². The van der Waals surface area contributed by atoms with E-state index in [9.17, 15) is 0 Å². The minimum Gasteiger partial charge on any atom is -0.496 e. The Balaban J connectivity index is 2.03. The van der Waals surface area contributed by atoms with Gasteiger partial charge in [0, 0.05) is 10.6 Å². The van der Waals surface area contributed by atoms with E-state index >= 15 is 0 Å². The highest BCUT2D eigenvalue weighted by Gasteiger charge is 2.06. The first-order valence-corrected chi connectivity index (χ1v) is 8.15. The number of rotatable bonds is 8. The number of aryl methyl sites for hydroxylation is 1. The summed E-state index contributed by atoms with van der Waals surface area (Å²) in [6.45, 7) is 1.55. The summed E-state index contributed by atoms with van der Waals surface area (Å²) < 4.78 is 11.3. The maximum absolute atomic E-state index is 5.98. The van der Waals surface area contributed by atoms with Gasteiger partial charge in [-0.15, -0.1) is 0 Å². The van der Waals surface area contributed by atoms with Gasteiger partial charge >= 0.3 is 0 Å². The molecule has 0 aromatic heterocycles. The van der Waals surface area contributed by atoms with Crippen LogP contribution < -0.4 is 9.47 Å². The molecule has 4 heteroatoms. The van der Waals surface area contributed by atoms with E-state index in [1.807, 2.05) is 30.3 Å². The van der Waals surface area contributed by atoms with E-state index in [-0.39, 0.29) is 0 Å². The van der Waals surface area contributed by atoms with Gasteiger partial charge in [-0.05, 0) is 69.4 Å². The van der Waals surface area contributed by atoms with Crippen molar-refractivity contribution >= 4 is 11.6 Å². The summed E-state index contributed by atoms with van der Waals surface area (Å²) in [4.78, 5) is 2.20. The summed E-state index contributed by atoms with van der Waals surface area (Å²) in [5, 5.41) is 0.673. The number of ether oxygens (including phenoxy) is 2. The van der Waals surface area contributed by atoms with Crippen LogP contribution in [0.25, 0.3) is 0 Å². The highest BCUT2D eigenvalue weighted by atomic mass is 35.5. The molecule has 3 nitrogen and oxygen atoms in total. The minimum absolute atomic E-state index is 0.463. The van der Waals surface area contributed by atoms with E-state index in [2.05, 4.69) is 31.1 Å². The van der Waals surface area contributed by atoms with Crippen LogP contribution in [0.3, 0.4) is 0 Å². The van der Waals surface area contributed by atoms with Gasteiger partial charge < -0.3 is 14.4 Å². The van der Waals surface area contributed by atoms with E-state index in [0.29, 0.717) is 11.6 Å². The van der Waals surface area contributed by atoms with Crippen molar-refractivity contribution in [2.45, 2.75) is 19.4 Å². The quantitative estimate of drug-likeness (QED) is 0.713. The van der Waals surface area contributed by atoms with Gasteiger partial charge in [0.05, 0.1) is 7.11 Å². The number of benzene rings is 2. The van der Waals surface area contributed by atoms with Crippen molar-refractivity contribution in [3.8, 4) is 11.5 Å². The van der Waals surface area contributed by atoms with Gasteiger partial charge in [-0.1, -0.05) is 23.7 Å². The molecule has 0 atom stereocenters. The van der Waals surface area contributed by atoms with Crippen molar-refractivity contribution < 1.29 is 9.47 Å². The zero-order valence-electron chi connectivity index (χ0n) is 14.0. The first-order chi connectivity index (χ1) is 11.1. The number of methoxy groups -OCH3 is 1. The van der Waals surface area contributed by atoms with Gasteiger partial charge in [-0.2, -0.15) is 0 Å². The van der Waals surface area contributed by atoms with Gasteiger partial charge in [0.2, 0.25) is 0 Å². The summed E-state index contributed by atoms with van der Waals surface area (Å²) in [5.41, 5.74) is 2.35. The molecule has 0 aliphatic rings. The van der Waals surface area contributed by atoms with Gasteiger partial charge in [0.1, 0.15) is 18.1 Å². The Morgan fingerprint density at radius 2 is 1.91 bits per heavy atom. The maximum atomic E-state index is 5.98. The van der Waals surface area contributed by atoms with Crippen LogP contribution in [0.1, 0.15) is 17.5 Å². The number of halogens is 1. The smallest absolute Gasteiger partial charge is 0.125 e. The Labute approximate surface area is 143 Å². The third-order valence-corrected chi connectivity index (χ3v) is 3.84. The zero-order valence-corrected chi connectivity index (χ0v) is 14.8. The summed E-state index contributed by atoms with van der Waals surface area (Å²) >= 11 is 5.98. The summed E-state index contributed by atoms with van der Waals surface area (Å²) in [5.74, 6) is 1.61. The Bertz CT molecular complexity index is 629. The topological polar surface area (TPSA) is 21.7 Å². The second-order valence-electron chi connectivity index (χ2n) is 5.80. The fourth-order valence-electron chi connectivity index (χ4n) is 2.42. The van der Waals surface area contributed by atoms with Crippen LogP contribution in [0.5, 0.6) is 11.5 Å². The van der Waals surface area contributed by atoms with Crippen LogP contribution in [-0.2, 0) is 13.0 Å². The maximum Gasteiger partial charge on any atom is 0.125 e. The predicted octanol–water partition coefficient (Wildman–Crippen LogP) is 4.42. The molecule has 23 heavy (non-hydrogen) atoms. The molecule has 0 bridgehead atoms. The van der Waals surface area contributed by atoms with Crippen LogP contribution >= 0.6 is 11.6 Å². The van der Waals surface area contributed by atoms with E-state index in [0.717, 1.165) is 36.4 Å². The summed E-state index contributed by atoms with van der Waals surface area (Å²) in [7, 11) is 5.88. The van der Waals surface area contributed by atoms with Gasteiger partial charge in [-0.3, -0.25) is 0 Å². The molecule has 2 aromatic rings. The third kappa shape index (κ3) is 5.77. The molecule has 0 saturated carbocycles. The number of hydrogen-bond donors (Lipinski definition) is 0. The predicted molar refractivity (Wildman–Crippen MR) is 95.7 cm³/mol. The molecular formula is C19H24ClNO2. The Morgan fingerprint density at radius 1 is 1.09 bits per heavy atom. The standard InChI is InChI=1S/C19H24ClNO2/c1-21(2)11-5-6-15-9-10-19(22-3)16(12-15)14-23-18-8-4-7-17(20)13-18/h4,7-10,12-13H,5-6,11,14H2,1-3H3. The molecule has 0 aliphatic heterocycles. The molecule has 0 unspecified atom stereocenters. The summed E-state index contributed by atoms with van der Waals surface area (Å²) in [6.07, 6.45) is 2.18. The lowest BCUT2D eigenvalue weighted by Crippen LogP contribution is -2.13. The molecule has 0 N–H and O–H groups in total. The van der Waals surface area contributed by atoms with Crippen molar-refractivity contribution in [1.82, 2.24) is 4.90 Å². The normalized spacial score (nSPS) is 10.8. The minimum atomic E-state index is 0.463. The average Bonchev–Trinajstić information content (AvgIpc) is 2.53. The molecule has 0 heterocycles. The fraction of sp³-hybridized carbons (Fsp3) is 0.368. The second kappa shape index (κ2) is 8.80. The monoisotopic (exact) mass is 333 g/mol. The van der Waals surface area contributed by atoms with Crippen molar-refractivity contribution in [1.29, 1.82) is 0 Å². The highest BCUT2D eigenvalue weighted by Crippen LogP contribution is 2.24. The molecule has 0 saturated heterocycles. The Kier molecular flexibility index (Phi) is 6.75. The molecule has 2 rings (SSSR count). The average molecular weight is 334 g/mol. The molecule has 124 valence electrons. The number of hydrogen-bond acceptors (Lipinski definition) is 3. The molecular weight excluding hydrogens is 310 g/mol. The molecule has 2 aromatic carbocycles. The van der Waals surface area contributed by atoms with E-state index in [1.165, 1.54) is 5.56 Å². The van der Waals surface area contributed by atoms with Crippen molar-refractivity contribution in [3.05, 3.63) is 58.6 Å². The zero-order chi connectivity index (χ0) is 16.7. The van der Waals surface area contributed by atoms with Gasteiger partial charge in [-0.25, -0.2) is 0 Å². The Morgan fingerprint density at radius 3 is 2.61 bits per heavy atom. The van der Waals surface area contributed by atoms with Crippen LogP contribution in [0.15, 0.2) is 42.5 Å². The lowest BCUT2D eigenvalue weighted by atomic mass is 10.1. The molecule has 0 aliphatic carbocycles. The largest absolute Gasteiger partial charge is 0.496 e. The van der Waals surface area contributed by atoms with E-state index in [4.69, 9.17) is 21.1 Å². The lowest BCUT2D eigenvalue weighted by Gasteiger charge is -2.13. The van der Waals surface area contributed by atoms with Crippen molar-refractivity contribution in [2.24, 2.45) is 0 Å². The Hall–Kier alpha value is -1.71. The second-order valence-corrected chi connectivity index (χ2v) is 6.24. The first-order valence-electron chi connectivity index (χ1n) is 7.77. The molecule has 0 radical (unpaired) electrons. The van der Waals surface area contributed by atoms with Gasteiger partial charge in [0.25, 0.3) is 0 Å². The summed E-state index contributed by atoms with van der Waals surface area (Å²) in [6, 6.07) is 13.7. The number of nitrogens with zero attached hydrogens (tertiary/aromatic N) is 1. The molecule has 0 fully saturated rings. The van der Waals surface area contributed by atoms with Crippen LogP contribution in [0.2, 0.25) is 5.02 Å². The highest BCUT2D eigenvalue weighted by molar-refractivity contribution is 6.30. The van der Waals surface area contributed by atoms with E-state index in [1.54, 1.807) is 7.11 Å². The molecule has 0 spiro atoms. The van der Waals surface area contributed by atoms with E-state index < -0.39 is 0 Å².